The third-order valence-electron chi connectivity index (χ3n) is 5.73. The van der Waals surface area contributed by atoms with Gasteiger partial charge in [0, 0.05) is 5.56 Å². The molecule has 3 aromatic rings. The molecule has 1 saturated heterocycles. The first-order valence-electron chi connectivity index (χ1n) is 9.69. The fraction of sp³-hybridized carbons (Fsp3) is 0.273. The molecule has 1 atom stereocenters. The number of benzene rings is 2. The van der Waals surface area contributed by atoms with Crippen LogP contribution in [-0.4, -0.2) is 27.0 Å². The van der Waals surface area contributed by atoms with E-state index in [4.69, 9.17) is 4.42 Å². The van der Waals surface area contributed by atoms with E-state index in [9.17, 15) is 9.59 Å². The highest BCUT2D eigenvalue weighted by atomic mass is 16.4. The number of urea groups is 1. The van der Waals surface area contributed by atoms with Gasteiger partial charge in [-0.05, 0) is 55.0 Å². The number of carbonyl (C=O) groups excluding carboxylic acids is 2. The van der Waals surface area contributed by atoms with Crippen molar-refractivity contribution >= 4 is 11.9 Å². The molecule has 1 aromatic heterocycles. The molecule has 1 fully saturated rings. The van der Waals surface area contributed by atoms with Gasteiger partial charge in [-0.15, -0.1) is 10.2 Å². The van der Waals surface area contributed by atoms with Crippen LogP contribution in [0.25, 0.3) is 11.5 Å². The van der Waals surface area contributed by atoms with Crippen LogP contribution in [0.2, 0.25) is 0 Å². The van der Waals surface area contributed by atoms with E-state index in [-0.39, 0.29) is 18.3 Å². The maximum absolute atomic E-state index is 13.2. The Kier molecular flexibility index (Phi) is 3.97. The quantitative estimate of drug-likeness (QED) is 0.694. The minimum atomic E-state index is -1.10. The molecule has 0 unspecified atom stereocenters. The molecular formula is C22H20N4O3. The van der Waals surface area contributed by atoms with Crippen molar-refractivity contribution in [3.8, 4) is 11.5 Å². The van der Waals surface area contributed by atoms with Crippen LogP contribution in [0.5, 0.6) is 0 Å². The van der Waals surface area contributed by atoms with Crippen LogP contribution in [0.4, 0.5) is 4.79 Å². The summed E-state index contributed by atoms with van der Waals surface area (Å²) in [4.78, 5) is 26.9. The summed E-state index contributed by atoms with van der Waals surface area (Å²) in [6, 6.07) is 14.9. The van der Waals surface area contributed by atoms with Crippen molar-refractivity contribution in [1.82, 2.24) is 20.4 Å². The largest absolute Gasteiger partial charge is 0.419 e. The Hall–Kier alpha value is -3.48. The summed E-state index contributed by atoms with van der Waals surface area (Å²) in [5.41, 5.74) is 3.07. The molecule has 1 aliphatic carbocycles. The van der Waals surface area contributed by atoms with E-state index in [2.05, 4.69) is 21.6 Å². The summed E-state index contributed by atoms with van der Waals surface area (Å²) in [5, 5.41) is 10.9. The summed E-state index contributed by atoms with van der Waals surface area (Å²) < 4.78 is 5.67. The van der Waals surface area contributed by atoms with E-state index in [1.807, 2.05) is 42.5 Å². The molecule has 5 rings (SSSR count). The molecule has 1 N–H and O–H groups in total. The summed E-state index contributed by atoms with van der Waals surface area (Å²) in [5.74, 6) is 0.250. The van der Waals surface area contributed by atoms with Gasteiger partial charge >= 0.3 is 6.03 Å². The Labute approximate surface area is 167 Å². The van der Waals surface area contributed by atoms with Gasteiger partial charge in [-0.2, -0.15) is 0 Å². The molecule has 0 radical (unpaired) electrons. The zero-order valence-corrected chi connectivity index (χ0v) is 16.0. The van der Waals surface area contributed by atoms with Gasteiger partial charge in [0.1, 0.15) is 12.1 Å². The fourth-order valence-corrected chi connectivity index (χ4v) is 4.07. The van der Waals surface area contributed by atoms with Crippen molar-refractivity contribution in [1.29, 1.82) is 0 Å². The van der Waals surface area contributed by atoms with Crippen LogP contribution >= 0.6 is 0 Å². The predicted octanol–water partition coefficient (Wildman–Crippen LogP) is 3.19. The standard InChI is InChI=1S/C22H20N4O3/c1-22(17-11-10-14-8-5-9-16(14)12-17)20(27)26(21(28)23-22)13-18-24-25-19(29-18)15-6-3-2-4-7-15/h2-4,6-7,10-12H,5,8-9,13H2,1H3,(H,23,28)/t22-/m1/s1. The summed E-state index contributed by atoms with van der Waals surface area (Å²) in [7, 11) is 0. The average Bonchev–Trinajstić information content (AvgIpc) is 3.44. The Morgan fingerprint density at radius 3 is 2.69 bits per heavy atom. The van der Waals surface area contributed by atoms with Crippen LogP contribution < -0.4 is 5.32 Å². The zero-order chi connectivity index (χ0) is 20.0. The SMILES string of the molecule is C[C@]1(c2ccc3c(c2)CCC3)NC(=O)N(Cc2nnc(-c3ccccc3)o2)C1=O. The van der Waals surface area contributed by atoms with Crippen molar-refractivity contribution in [2.45, 2.75) is 38.3 Å². The first-order chi connectivity index (χ1) is 14.0. The number of carbonyl (C=O) groups is 2. The van der Waals surface area contributed by atoms with Gasteiger partial charge in [0.2, 0.25) is 11.8 Å². The van der Waals surface area contributed by atoms with Gasteiger partial charge < -0.3 is 9.73 Å². The lowest BCUT2D eigenvalue weighted by Gasteiger charge is -2.23. The number of aryl methyl sites for hydroxylation is 2. The number of hydrogen-bond donors (Lipinski definition) is 1. The molecule has 0 spiro atoms. The molecule has 2 aliphatic rings. The molecule has 7 heteroatoms. The third kappa shape index (κ3) is 2.90. The monoisotopic (exact) mass is 388 g/mol. The summed E-state index contributed by atoms with van der Waals surface area (Å²) in [6.45, 7) is 1.68. The smallest absolute Gasteiger partial charge is 0.325 e. The molecule has 2 aromatic carbocycles. The average molecular weight is 388 g/mol. The van der Waals surface area contributed by atoms with Gasteiger partial charge in [0.05, 0.1) is 0 Å². The van der Waals surface area contributed by atoms with Gasteiger partial charge in [-0.25, -0.2) is 4.79 Å². The molecule has 0 bridgehead atoms. The Balaban J connectivity index is 1.39. The van der Waals surface area contributed by atoms with Crippen LogP contribution in [0.1, 0.15) is 35.9 Å². The van der Waals surface area contributed by atoms with E-state index in [1.54, 1.807) is 6.92 Å². The number of amides is 3. The lowest BCUT2D eigenvalue weighted by atomic mass is 9.90. The van der Waals surface area contributed by atoms with Gasteiger partial charge in [-0.3, -0.25) is 9.69 Å². The van der Waals surface area contributed by atoms with Crippen molar-refractivity contribution in [2.75, 3.05) is 0 Å². The van der Waals surface area contributed by atoms with Crippen LogP contribution in [0.15, 0.2) is 52.9 Å². The highest BCUT2D eigenvalue weighted by Crippen LogP contribution is 2.33. The topological polar surface area (TPSA) is 88.3 Å². The molecule has 1 aliphatic heterocycles. The Morgan fingerprint density at radius 2 is 1.86 bits per heavy atom. The lowest BCUT2D eigenvalue weighted by Crippen LogP contribution is -2.41. The second-order valence-corrected chi connectivity index (χ2v) is 7.65. The van der Waals surface area contributed by atoms with Crippen molar-refractivity contribution < 1.29 is 14.0 Å². The maximum atomic E-state index is 13.2. The van der Waals surface area contributed by atoms with Gasteiger partial charge in [0.15, 0.2) is 0 Å². The number of hydrogen-bond acceptors (Lipinski definition) is 5. The summed E-state index contributed by atoms with van der Waals surface area (Å²) >= 11 is 0. The Bertz CT molecular complexity index is 1110. The van der Waals surface area contributed by atoms with Crippen LogP contribution in [-0.2, 0) is 29.7 Å². The van der Waals surface area contributed by atoms with Gasteiger partial charge in [-0.1, -0.05) is 36.4 Å². The van der Waals surface area contributed by atoms with Crippen molar-refractivity contribution in [3.05, 3.63) is 71.1 Å². The molecule has 3 amide bonds. The molecule has 7 nitrogen and oxygen atoms in total. The number of nitrogens with zero attached hydrogens (tertiary/aromatic N) is 3. The highest BCUT2D eigenvalue weighted by molar-refractivity contribution is 6.07. The molecule has 29 heavy (non-hydrogen) atoms. The van der Waals surface area contributed by atoms with E-state index < -0.39 is 11.6 Å². The van der Waals surface area contributed by atoms with E-state index >= 15 is 0 Å². The van der Waals surface area contributed by atoms with Crippen molar-refractivity contribution in [2.24, 2.45) is 0 Å². The zero-order valence-electron chi connectivity index (χ0n) is 16.0. The predicted molar refractivity (Wildman–Crippen MR) is 105 cm³/mol. The summed E-state index contributed by atoms with van der Waals surface area (Å²) in [6.07, 6.45) is 3.21. The van der Waals surface area contributed by atoms with Crippen LogP contribution in [0, 0.1) is 0 Å². The number of fused-ring (bicyclic) bond motifs is 1. The van der Waals surface area contributed by atoms with Crippen molar-refractivity contribution in [3.63, 3.8) is 0 Å². The molecule has 2 heterocycles. The fourth-order valence-electron chi connectivity index (χ4n) is 4.07. The van der Waals surface area contributed by atoms with Crippen LogP contribution in [0.3, 0.4) is 0 Å². The van der Waals surface area contributed by atoms with Gasteiger partial charge in [0.25, 0.3) is 5.91 Å². The van der Waals surface area contributed by atoms with E-state index in [0.29, 0.717) is 5.89 Å². The number of nitrogens with one attached hydrogen (secondary N) is 1. The maximum Gasteiger partial charge on any atom is 0.325 e. The highest BCUT2D eigenvalue weighted by Gasteiger charge is 2.49. The number of aromatic nitrogens is 2. The molecule has 146 valence electrons. The first-order valence-corrected chi connectivity index (χ1v) is 9.69. The lowest BCUT2D eigenvalue weighted by molar-refractivity contribution is -0.131. The van der Waals surface area contributed by atoms with E-state index in [0.717, 1.165) is 35.3 Å². The second-order valence-electron chi connectivity index (χ2n) is 7.65. The third-order valence-corrected chi connectivity index (χ3v) is 5.73. The molecule has 0 saturated carbocycles. The first kappa shape index (κ1) is 17.6. The molecular weight excluding hydrogens is 368 g/mol. The number of rotatable bonds is 4. The minimum absolute atomic E-state index is 0.0645. The second kappa shape index (κ2) is 6.55. The minimum Gasteiger partial charge on any atom is -0.419 e. The Morgan fingerprint density at radius 1 is 1.07 bits per heavy atom. The van der Waals surface area contributed by atoms with E-state index in [1.165, 1.54) is 11.1 Å². The normalized spacial score (nSPS) is 20.8. The number of imide groups is 1.